The van der Waals surface area contributed by atoms with Crippen LogP contribution in [0, 0.1) is 0 Å². The predicted molar refractivity (Wildman–Crippen MR) is 98.5 cm³/mol. The Balaban J connectivity index is 1.76. The van der Waals surface area contributed by atoms with Crippen LogP contribution in [0.1, 0.15) is 15.9 Å². The van der Waals surface area contributed by atoms with E-state index >= 15 is 0 Å². The molecule has 4 rings (SSSR count). The lowest BCUT2D eigenvalue weighted by Crippen LogP contribution is -2.48. The van der Waals surface area contributed by atoms with Crippen molar-refractivity contribution in [1.29, 1.82) is 0 Å². The summed E-state index contributed by atoms with van der Waals surface area (Å²) in [5.41, 5.74) is 1.25. The van der Waals surface area contributed by atoms with E-state index < -0.39 is 5.72 Å². The standard InChI is InChI=1S/C21H18N2O2/c24-20-18-13-7-8-14-19(18)21(25,15-22-16-9-3-1-4-10-16)23(20)17-11-5-2-6-12-17/h1-14,22,25H,15H2. The number of benzene rings is 3. The Bertz CT molecular complexity index is 896. The highest BCUT2D eigenvalue weighted by Crippen LogP contribution is 2.40. The molecule has 3 aromatic carbocycles. The fourth-order valence-corrected chi connectivity index (χ4v) is 3.29. The first-order valence-electron chi connectivity index (χ1n) is 8.20. The number of carbonyl (C=O) groups is 1. The minimum Gasteiger partial charge on any atom is -0.380 e. The molecule has 3 aromatic rings. The van der Waals surface area contributed by atoms with Crippen LogP contribution in [0.5, 0.6) is 0 Å². The van der Waals surface area contributed by atoms with Crippen LogP contribution >= 0.6 is 0 Å². The quantitative estimate of drug-likeness (QED) is 0.768. The van der Waals surface area contributed by atoms with E-state index in [1.54, 1.807) is 6.07 Å². The molecule has 1 amide bonds. The molecule has 4 heteroatoms. The molecule has 2 N–H and O–H groups in total. The summed E-state index contributed by atoms with van der Waals surface area (Å²) >= 11 is 0. The fourth-order valence-electron chi connectivity index (χ4n) is 3.29. The summed E-state index contributed by atoms with van der Waals surface area (Å²) in [6, 6.07) is 26.1. The number of aliphatic hydroxyl groups is 1. The van der Waals surface area contributed by atoms with E-state index in [4.69, 9.17) is 0 Å². The average molecular weight is 330 g/mol. The molecule has 0 bridgehead atoms. The minimum absolute atomic E-state index is 0.189. The highest BCUT2D eigenvalue weighted by molar-refractivity contribution is 6.11. The normalized spacial score (nSPS) is 18.9. The van der Waals surface area contributed by atoms with Crippen molar-refractivity contribution in [2.45, 2.75) is 5.72 Å². The first-order chi connectivity index (χ1) is 12.2. The van der Waals surface area contributed by atoms with Crippen molar-refractivity contribution < 1.29 is 9.90 Å². The maximum absolute atomic E-state index is 13.0. The number of amides is 1. The van der Waals surface area contributed by atoms with Crippen LogP contribution in [0.4, 0.5) is 11.4 Å². The molecule has 1 aliphatic rings. The van der Waals surface area contributed by atoms with E-state index in [0.29, 0.717) is 16.8 Å². The zero-order chi connectivity index (χ0) is 17.3. The Hall–Kier alpha value is -3.11. The maximum Gasteiger partial charge on any atom is 0.261 e. The van der Waals surface area contributed by atoms with Gasteiger partial charge in [0.15, 0.2) is 5.72 Å². The van der Waals surface area contributed by atoms with Crippen LogP contribution in [0.2, 0.25) is 0 Å². The second-order valence-electron chi connectivity index (χ2n) is 6.06. The zero-order valence-electron chi connectivity index (χ0n) is 13.6. The van der Waals surface area contributed by atoms with Gasteiger partial charge in [-0.05, 0) is 30.3 Å². The molecule has 0 aliphatic carbocycles. The average Bonchev–Trinajstić information content (AvgIpc) is 2.90. The van der Waals surface area contributed by atoms with Gasteiger partial charge in [0.2, 0.25) is 0 Å². The van der Waals surface area contributed by atoms with Gasteiger partial charge in [0.1, 0.15) is 0 Å². The molecule has 1 atom stereocenters. The van der Waals surface area contributed by atoms with Crippen molar-refractivity contribution in [3.8, 4) is 0 Å². The molecule has 4 nitrogen and oxygen atoms in total. The van der Waals surface area contributed by atoms with Crippen LogP contribution in [-0.4, -0.2) is 17.6 Å². The summed E-state index contributed by atoms with van der Waals surface area (Å²) in [7, 11) is 0. The predicted octanol–water partition coefficient (Wildman–Crippen LogP) is 3.60. The number of rotatable bonds is 4. The number of hydrogen-bond acceptors (Lipinski definition) is 3. The number of nitrogens with one attached hydrogen (secondary N) is 1. The number of nitrogens with zero attached hydrogens (tertiary/aromatic N) is 1. The van der Waals surface area contributed by atoms with Crippen LogP contribution in [0.3, 0.4) is 0 Å². The van der Waals surface area contributed by atoms with Gasteiger partial charge in [0, 0.05) is 22.5 Å². The Morgan fingerprint density at radius 3 is 2.16 bits per heavy atom. The topological polar surface area (TPSA) is 52.6 Å². The Morgan fingerprint density at radius 1 is 0.840 bits per heavy atom. The molecule has 1 unspecified atom stereocenters. The Kier molecular flexibility index (Phi) is 3.75. The van der Waals surface area contributed by atoms with Crippen molar-refractivity contribution in [3.63, 3.8) is 0 Å². The summed E-state index contributed by atoms with van der Waals surface area (Å²) in [4.78, 5) is 14.4. The second kappa shape index (κ2) is 6.07. The van der Waals surface area contributed by atoms with Gasteiger partial charge in [-0.3, -0.25) is 9.69 Å². The summed E-state index contributed by atoms with van der Waals surface area (Å²) in [5, 5.41) is 14.8. The molecule has 0 saturated heterocycles. The van der Waals surface area contributed by atoms with Crippen LogP contribution in [-0.2, 0) is 5.72 Å². The molecular weight excluding hydrogens is 312 g/mol. The van der Waals surface area contributed by atoms with Gasteiger partial charge >= 0.3 is 0 Å². The van der Waals surface area contributed by atoms with E-state index in [9.17, 15) is 9.90 Å². The zero-order valence-corrected chi connectivity index (χ0v) is 13.6. The van der Waals surface area contributed by atoms with E-state index in [1.807, 2.05) is 78.9 Å². The molecule has 0 spiro atoms. The Morgan fingerprint density at radius 2 is 1.44 bits per heavy atom. The third kappa shape index (κ3) is 2.57. The number of hydrogen-bond donors (Lipinski definition) is 2. The van der Waals surface area contributed by atoms with Crippen molar-refractivity contribution in [3.05, 3.63) is 96.1 Å². The van der Waals surface area contributed by atoms with Gasteiger partial charge in [0.25, 0.3) is 5.91 Å². The molecule has 0 fully saturated rings. The lowest BCUT2D eigenvalue weighted by molar-refractivity contribution is 0.0504. The fraction of sp³-hybridized carbons (Fsp3) is 0.0952. The second-order valence-corrected chi connectivity index (χ2v) is 6.06. The monoisotopic (exact) mass is 330 g/mol. The number of fused-ring (bicyclic) bond motifs is 1. The van der Waals surface area contributed by atoms with E-state index in [2.05, 4.69) is 5.32 Å². The lowest BCUT2D eigenvalue weighted by Gasteiger charge is -2.34. The van der Waals surface area contributed by atoms with Crippen molar-refractivity contribution in [1.82, 2.24) is 0 Å². The molecule has 0 radical (unpaired) electrons. The third-order valence-electron chi connectivity index (χ3n) is 4.49. The molecule has 1 heterocycles. The van der Waals surface area contributed by atoms with E-state index in [1.165, 1.54) is 4.90 Å². The van der Waals surface area contributed by atoms with Crippen LogP contribution in [0.25, 0.3) is 0 Å². The van der Waals surface area contributed by atoms with Crippen LogP contribution < -0.4 is 10.2 Å². The summed E-state index contributed by atoms with van der Waals surface area (Å²) in [6.45, 7) is 0.189. The first-order valence-corrected chi connectivity index (χ1v) is 8.20. The number of para-hydroxylation sites is 2. The molecule has 0 saturated carbocycles. The molecule has 124 valence electrons. The van der Waals surface area contributed by atoms with E-state index in [0.717, 1.165) is 5.69 Å². The largest absolute Gasteiger partial charge is 0.380 e. The molecule has 25 heavy (non-hydrogen) atoms. The van der Waals surface area contributed by atoms with Gasteiger partial charge in [0.05, 0.1) is 6.54 Å². The van der Waals surface area contributed by atoms with Gasteiger partial charge < -0.3 is 10.4 Å². The van der Waals surface area contributed by atoms with Crippen molar-refractivity contribution in [2.24, 2.45) is 0 Å². The first kappa shape index (κ1) is 15.4. The molecular formula is C21H18N2O2. The summed E-state index contributed by atoms with van der Waals surface area (Å²) in [6.07, 6.45) is 0. The van der Waals surface area contributed by atoms with E-state index in [-0.39, 0.29) is 12.5 Å². The summed E-state index contributed by atoms with van der Waals surface area (Å²) < 4.78 is 0. The summed E-state index contributed by atoms with van der Waals surface area (Å²) in [5.74, 6) is -0.195. The van der Waals surface area contributed by atoms with Crippen LogP contribution in [0.15, 0.2) is 84.9 Å². The molecule has 0 aromatic heterocycles. The van der Waals surface area contributed by atoms with Gasteiger partial charge in [-0.1, -0.05) is 54.6 Å². The number of carbonyl (C=O) groups excluding carboxylic acids is 1. The highest BCUT2D eigenvalue weighted by Gasteiger charge is 2.49. The SMILES string of the molecule is O=C1c2ccccc2C(O)(CNc2ccccc2)N1c1ccccc1. The van der Waals surface area contributed by atoms with Gasteiger partial charge in [-0.15, -0.1) is 0 Å². The third-order valence-corrected chi connectivity index (χ3v) is 4.49. The minimum atomic E-state index is -1.45. The van der Waals surface area contributed by atoms with Crippen molar-refractivity contribution >= 4 is 17.3 Å². The van der Waals surface area contributed by atoms with Gasteiger partial charge in [-0.2, -0.15) is 0 Å². The number of anilines is 2. The Labute approximate surface area is 146 Å². The molecule has 1 aliphatic heterocycles. The van der Waals surface area contributed by atoms with Gasteiger partial charge in [-0.25, -0.2) is 0 Å². The smallest absolute Gasteiger partial charge is 0.261 e. The highest BCUT2D eigenvalue weighted by atomic mass is 16.3. The maximum atomic E-state index is 13.0. The van der Waals surface area contributed by atoms with Crippen molar-refractivity contribution in [2.75, 3.05) is 16.8 Å². The lowest BCUT2D eigenvalue weighted by atomic mass is 10.0.